The Hall–Kier alpha value is -3.03. The lowest BCUT2D eigenvalue weighted by molar-refractivity contribution is 0.0357. The van der Waals surface area contributed by atoms with Crippen LogP contribution >= 0.6 is 0 Å². The van der Waals surface area contributed by atoms with Crippen molar-refractivity contribution < 1.29 is 28.2 Å². The summed E-state index contributed by atoms with van der Waals surface area (Å²) in [5, 5.41) is 0. The van der Waals surface area contributed by atoms with Gasteiger partial charge in [0, 0.05) is 31.3 Å². The Morgan fingerprint density at radius 3 is 2.57 bits per heavy atom. The van der Waals surface area contributed by atoms with Crippen LogP contribution in [0.1, 0.15) is 27.1 Å². The molecule has 7 heteroatoms. The van der Waals surface area contributed by atoms with Crippen LogP contribution in [0.3, 0.4) is 0 Å². The molecule has 0 N–H and O–H groups in total. The van der Waals surface area contributed by atoms with Crippen molar-refractivity contribution in [2.24, 2.45) is 0 Å². The van der Waals surface area contributed by atoms with E-state index in [4.69, 9.17) is 14.2 Å². The molecule has 2 aromatic rings. The number of ether oxygens (including phenoxy) is 3. The van der Waals surface area contributed by atoms with Crippen molar-refractivity contribution in [1.82, 2.24) is 4.90 Å². The highest BCUT2D eigenvalue weighted by atomic mass is 19.1. The van der Waals surface area contributed by atoms with E-state index in [-0.39, 0.29) is 28.4 Å². The van der Waals surface area contributed by atoms with Crippen molar-refractivity contribution in [2.75, 3.05) is 39.5 Å². The molecule has 1 saturated heterocycles. The summed E-state index contributed by atoms with van der Waals surface area (Å²) in [4.78, 5) is 27.9. The summed E-state index contributed by atoms with van der Waals surface area (Å²) in [6, 6.07) is 10.2. The van der Waals surface area contributed by atoms with Crippen LogP contribution in [0.15, 0.2) is 54.3 Å². The molecule has 1 aliphatic heterocycles. The minimum absolute atomic E-state index is 0.0939. The van der Waals surface area contributed by atoms with Crippen LogP contribution in [-0.2, 0) is 4.74 Å². The average Bonchev–Trinajstić information content (AvgIpc) is 2.77. The first-order valence-corrected chi connectivity index (χ1v) is 9.92. The molecule has 156 valence electrons. The number of hydrogen-bond acceptors (Lipinski definition) is 6. The van der Waals surface area contributed by atoms with Crippen LogP contribution in [0.2, 0.25) is 0 Å². The number of carbonyl (C=O) groups excluding carboxylic acids is 2. The topological polar surface area (TPSA) is 65.1 Å². The van der Waals surface area contributed by atoms with Crippen LogP contribution in [-0.4, -0.2) is 55.9 Å². The van der Waals surface area contributed by atoms with Gasteiger partial charge in [-0.3, -0.25) is 14.5 Å². The standard InChI is InChI=1S/C23H22FNO5/c24-16-5-7-17(8-6-16)30-21-15-19(26)22-18(23(21)27)3-1-4-20(22)29-12-2-9-25-10-13-28-14-11-25/h1,3-8,15H,2,9-14H2. The summed E-state index contributed by atoms with van der Waals surface area (Å²) in [6.45, 7) is 4.65. The predicted molar refractivity (Wildman–Crippen MR) is 108 cm³/mol. The molecule has 4 rings (SSSR count). The van der Waals surface area contributed by atoms with E-state index in [1.54, 1.807) is 18.2 Å². The number of Topliss-reactive ketones (excluding diaryl/α,β-unsaturated/α-hetero) is 1. The minimum atomic E-state index is -0.414. The summed E-state index contributed by atoms with van der Waals surface area (Å²) >= 11 is 0. The van der Waals surface area contributed by atoms with E-state index in [1.807, 2.05) is 0 Å². The number of morpholine rings is 1. The molecule has 0 spiro atoms. The normalized spacial score (nSPS) is 16.8. The fourth-order valence-electron chi connectivity index (χ4n) is 3.48. The molecule has 2 aliphatic rings. The molecule has 1 heterocycles. The molecule has 0 unspecified atom stereocenters. The largest absolute Gasteiger partial charge is 0.493 e. The molecular formula is C23H22FNO5. The first kappa shape index (κ1) is 20.3. The van der Waals surface area contributed by atoms with Crippen molar-refractivity contribution in [3.05, 3.63) is 71.2 Å². The number of fused-ring (bicyclic) bond motifs is 1. The minimum Gasteiger partial charge on any atom is -0.493 e. The lowest BCUT2D eigenvalue weighted by Crippen LogP contribution is -2.37. The number of hydrogen-bond donors (Lipinski definition) is 0. The van der Waals surface area contributed by atoms with Gasteiger partial charge in [0.05, 0.1) is 25.4 Å². The van der Waals surface area contributed by atoms with Gasteiger partial charge < -0.3 is 14.2 Å². The highest BCUT2D eigenvalue weighted by Crippen LogP contribution is 2.30. The number of halogens is 1. The molecule has 0 aromatic heterocycles. The Morgan fingerprint density at radius 2 is 1.80 bits per heavy atom. The van der Waals surface area contributed by atoms with E-state index in [0.717, 1.165) is 45.3 Å². The highest BCUT2D eigenvalue weighted by Gasteiger charge is 2.30. The van der Waals surface area contributed by atoms with Crippen molar-refractivity contribution in [2.45, 2.75) is 6.42 Å². The fraction of sp³-hybridized carbons (Fsp3) is 0.304. The summed E-state index contributed by atoms with van der Waals surface area (Å²) in [5.41, 5.74) is 0.491. The van der Waals surface area contributed by atoms with E-state index >= 15 is 0 Å². The quantitative estimate of drug-likeness (QED) is 0.652. The van der Waals surface area contributed by atoms with Gasteiger partial charge in [0.15, 0.2) is 11.5 Å². The Morgan fingerprint density at radius 1 is 1.03 bits per heavy atom. The fourth-order valence-corrected chi connectivity index (χ4v) is 3.48. The van der Waals surface area contributed by atoms with Crippen LogP contribution in [0.4, 0.5) is 4.39 Å². The molecule has 2 aromatic carbocycles. The lowest BCUT2D eigenvalue weighted by Gasteiger charge is -2.26. The van der Waals surface area contributed by atoms with E-state index in [1.165, 1.54) is 24.3 Å². The molecule has 0 amide bonds. The number of ketones is 2. The second-order valence-electron chi connectivity index (χ2n) is 7.09. The van der Waals surface area contributed by atoms with E-state index in [9.17, 15) is 14.0 Å². The molecule has 1 aliphatic carbocycles. The summed E-state index contributed by atoms with van der Waals surface area (Å²) in [7, 11) is 0. The Labute approximate surface area is 173 Å². The van der Waals surface area contributed by atoms with Crippen LogP contribution < -0.4 is 9.47 Å². The van der Waals surface area contributed by atoms with Gasteiger partial charge in [0.1, 0.15) is 17.3 Å². The number of rotatable bonds is 7. The smallest absolute Gasteiger partial charge is 0.229 e. The first-order chi connectivity index (χ1) is 14.6. The molecule has 0 radical (unpaired) electrons. The van der Waals surface area contributed by atoms with Gasteiger partial charge in [-0.15, -0.1) is 0 Å². The van der Waals surface area contributed by atoms with Gasteiger partial charge in [-0.2, -0.15) is 0 Å². The van der Waals surface area contributed by atoms with Gasteiger partial charge in [-0.1, -0.05) is 6.07 Å². The second-order valence-corrected chi connectivity index (χ2v) is 7.09. The van der Waals surface area contributed by atoms with Crippen LogP contribution in [0, 0.1) is 5.82 Å². The zero-order chi connectivity index (χ0) is 20.9. The first-order valence-electron chi connectivity index (χ1n) is 9.92. The third kappa shape index (κ3) is 4.58. The lowest BCUT2D eigenvalue weighted by atomic mass is 9.92. The van der Waals surface area contributed by atoms with Gasteiger partial charge >= 0.3 is 0 Å². The predicted octanol–water partition coefficient (Wildman–Crippen LogP) is 3.27. The Balaban J connectivity index is 1.42. The Bertz CT molecular complexity index is 964. The zero-order valence-electron chi connectivity index (χ0n) is 16.4. The summed E-state index contributed by atoms with van der Waals surface area (Å²) in [6.07, 6.45) is 1.97. The SMILES string of the molecule is O=C1C(Oc2ccc(F)cc2)=CC(=O)c2c(OCCCN3CCOCC3)cccc21. The van der Waals surface area contributed by atoms with E-state index < -0.39 is 11.6 Å². The molecule has 1 fully saturated rings. The summed E-state index contributed by atoms with van der Waals surface area (Å²) < 4.78 is 29.8. The van der Waals surface area contributed by atoms with Gasteiger partial charge in [0.25, 0.3) is 0 Å². The molecule has 0 atom stereocenters. The maximum Gasteiger partial charge on any atom is 0.229 e. The molecule has 6 nitrogen and oxygen atoms in total. The number of carbonyl (C=O) groups is 2. The average molecular weight is 411 g/mol. The van der Waals surface area contributed by atoms with E-state index in [0.29, 0.717) is 12.4 Å². The molecule has 0 bridgehead atoms. The zero-order valence-corrected chi connectivity index (χ0v) is 16.4. The second kappa shape index (κ2) is 9.19. The Kier molecular flexibility index (Phi) is 6.21. The van der Waals surface area contributed by atoms with Crippen LogP contribution in [0.5, 0.6) is 11.5 Å². The number of allylic oxidation sites excluding steroid dienone is 2. The third-order valence-corrected chi connectivity index (χ3v) is 5.02. The monoisotopic (exact) mass is 411 g/mol. The van der Waals surface area contributed by atoms with Gasteiger partial charge in [-0.05, 0) is 42.8 Å². The number of nitrogens with zero attached hydrogens (tertiary/aromatic N) is 1. The maximum atomic E-state index is 13.1. The molecule has 30 heavy (non-hydrogen) atoms. The van der Waals surface area contributed by atoms with Crippen LogP contribution in [0.25, 0.3) is 0 Å². The van der Waals surface area contributed by atoms with Crippen molar-refractivity contribution in [3.63, 3.8) is 0 Å². The third-order valence-electron chi connectivity index (χ3n) is 5.02. The van der Waals surface area contributed by atoms with Gasteiger partial charge in [-0.25, -0.2) is 4.39 Å². The molecule has 0 saturated carbocycles. The van der Waals surface area contributed by atoms with Crippen molar-refractivity contribution >= 4 is 11.6 Å². The summed E-state index contributed by atoms with van der Waals surface area (Å²) in [5.74, 6) is -0.599. The highest BCUT2D eigenvalue weighted by molar-refractivity contribution is 6.24. The van der Waals surface area contributed by atoms with Crippen molar-refractivity contribution in [3.8, 4) is 11.5 Å². The van der Waals surface area contributed by atoms with E-state index in [2.05, 4.69) is 4.90 Å². The maximum absolute atomic E-state index is 13.1. The number of benzene rings is 2. The molecular weight excluding hydrogens is 389 g/mol. The van der Waals surface area contributed by atoms with Crippen molar-refractivity contribution in [1.29, 1.82) is 0 Å². The van der Waals surface area contributed by atoms with Gasteiger partial charge in [0.2, 0.25) is 5.78 Å².